The van der Waals surface area contributed by atoms with Crippen molar-refractivity contribution in [3.63, 3.8) is 0 Å². The Hall–Kier alpha value is -2.08. The molecule has 150 valence electrons. The number of nitrogens with zero attached hydrogens (tertiary/aromatic N) is 1. The van der Waals surface area contributed by atoms with E-state index in [1.54, 1.807) is 7.11 Å². The molecule has 5 heteroatoms. The SMILES string of the molecule is COc1cc2c(cc1OCN)CCN1C[C@H](c3cc(C)ccc3C)[C@@H](N)C[C@@H]21. The number of ether oxygens (including phenoxy) is 2. The molecule has 0 spiro atoms. The average Bonchev–Trinajstić information content (AvgIpc) is 2.69. The van der Waals surface area contributed by atoms with E-state index in [2.05, 4.69) is 49.1 Å². The van der Waals surface area contributed by atoms with Crippen LogP contribution in [0.4, 0.5) is 0 Å². The maximum absolute atomic E-state index is 6.74. The van der Waals surface area contributed by atoms with Gasteiger partial charge >= 0.3 is 0 Å². The van der Waals surface area contributed by atoms with Gasteiger partial charge in [0.25, 0.3) is 0 Å². The monoisotopic (exact) mass is 381 g/mol. The lowest BCUT2D eigenvalue weighted by atomic mass is 9.77. The zero-order valence-corrected chi connectivity index (χ0v) is 17.1. The Morgan fingerprint density at radius 2 is 1.93 bits per heavy atom. The summed E-state index contributed by atoms with van der Waals surface area (Å²) in [5.41, 5.74) is 19.0. The van der Waals surface area contributed by atoms with Crippen molar-refractivity contribution >= 4 is 0 Å². The second-order valence-electron chi connectivity index (χ2n) is 8.14. The van der Waals surface area contributed by atoms with Gasteiger partial charge in [0, 0.05) is 31.1 Å². The second kappa shape index (κ2) is 7.74. The summed E-state index contributed by atoms with van der Waals surface area (Å²) < 4.78 is 11.1. The zero-order valence-electron chi connectivity index (χ0n) is 17.1. The van der Waals surface area contributed by atoms with Gasteiger partial charge in [0.15, 0.2) is 11.5 Å². The molecular weight excluding hydrogens is 350 g/mol. The molecule has 2 aromatic carbocycles. The standard InChI is InChI=1S/C23H31N3O2/c1-14-4-5-15(2)17(8-14)19-12-26-7-6-16-9-23(28-13-24)22(27-3)10-18(16)21(26)11-20(19)25/h4-5,8-10,19-21H,6-7,11-13,24-25H2,1-3H3/t19-,20+,21+/m1/s1. The molecule has 1 fully saturated rings. The molecule has 2 aliphatic heterocycles. The quantitative estimate of drug-likeness (QED) is 0.797. The van der Waals surface area contributed by atoms with Crippen molar-refractivity contribution in [3.8, 4) is 11.5 Å². The van der Waals surface area contributed by atoms with Gasteiger partial charge in [-0.1, -0.05) is 23.8 Å². The number of nitrogens with two attached hydrogens (primary N) is 2. The predicted molar refractivity (Wildman–Crippen MR) is 112 cm³/mol. The molecule has 0 amide bonds. The molecule has 0 bridgehead atoms. The lowest BCUT2D eigenvalue weighted by molar-refractivity contribution is 0.109. The van der Waals surface area contributed by atoms with Crippen molar-refractivity contribution in [1.82, 2.24) is 4.90 Å². The van der Waals surface area contributed by atoms with Crippen molar-refractivity contribution < 1.29 is 9.47 Å². The number of fused-ring (bicyclic) bond motifs is 3. The van der Waals surface area contributed by atoms with Gasteiger partial charge in [0.2, 0.25) is 0 Å². The van der Waals surface area contributed by atoms with Crippen LogP contribution in [-0.4, -0.2) is 37.9 Å². The van der Waals surface area contributed by atoms with Crippen molar-refractivity contribution in [2.45, 2.75) is 44.7 Å². The summed E-state index contributed by atoms with van der Waals surface area (Å²) in [6.07, 6.45) is 1.96. The number of methoxy groups -OCH3 is 1. The van der Waals surface area contributed by atoms with Gasteiger partial charge < -0.3 is 15.2 Å². The lowest BCUT2D eigenvalue weighted by Crippen LogP contribution is -2.49. The van der Waals surface area contributed by atoms with Crippen LogP contribution in [-0.2, 0) is 6.42 Å². The van der Waals surface area contributed by atoms with Gasteiger partial charge in [0.1, 0.15) is 6.73 Å². The van der Waals surface area contributed by atoms with Gasteiger partial charge in [-0.05, 0) is 61.1 Å². The highest BCUT2D eigenvalue weighted by atomic mass is 16.5. The lowest BCUT2D eigenvalue weighted by Gasteiger charge is -2.46. The first-order valence-electron chi connectivity index (χ1n) is 10.1. The Balaban J connectivity index is 1.65. The van der Waals surface area contributed by atoms with E-state index in [1.165, 1.54) is 27.8 Å². The first kappa shape index (κ1) is 19.2. The van der Waals surface area contributed by atoms with Crippen LogP contribution in [0.5, 0.6) is 11.5 Å². The van der Waals surface area contributed by atoms with Crippen LogP contribution in [0.2, 0.25) is 0 Å². The largest absolute Gasteiger partial charge is 0.493 e. The fraction of sp³-hybridized carbons (Fsp3) is 0.478. The molecule has 1 saturated heterocycles. The molecular formula is C23H31N3O2. The third-order valence-corrected chi connectivity index (χ3v) is 6.41. The van der Waals surface area contributed by atoms with Crippen LogP contribution < -0.4 is 20.9 Å². The van der Waals surface area contributed by atoms with Crippen LogP contribution >= 0.6 is 0 Å². The van der Waals surface area contributed by atoms with Crippen molar-refractivity contribution in [2.24, 2.45) is 11.5 Å². The van der Waals surface area contributed by atoms with E-state index in [0.717, 1.165) is 37.4 Å². The van der Waals surface area contributed by atoms with Gasteiger partial charge in [-0.2, -0.15) is 0 Å². The van der Waals surface area contributed by atoms with E-state index >= 15 is 0 Å². The van der Waals surface area contributed by atoms with E-state index in [4.69, 9.17) is 20.9 Å². The summed E-state index contributed by atoms with van der Waals surface area (Å²) in [6, 6.07) is 11.4. The summed E-state index contributed by atoms with van der Waals surface area (Å²) in [4.78, 5) is 2.60. The molecule has 2 heterocycles. The molecule has 0 aromatic heterocycles. The Labute approximate surface area is 167 Å². The molecule has 3 atom stereocenters. The fourth-order valence-electron chi connectivity index (χ4n) is 4.92. The molecule has 2 aromatic rings. The molecule has 0 unspecified atom stereocenters. The van der Waals surface area contributed by atoms with E-state index in [9.17, 15) is 0 Å². The Kier molecular flexibility index (Phi) is 5.32. The van der Waals surface area contributed by atoms with Crippen molar-refractivity contribution in [1.29, 1.82) is 0 Å². The molecule has 0 saturated carbocycles. The number of piperidine rings is 1. The normalized spacial score (nSPS) is 24.4. The smallest absolute Gasteiger partial charge is 0.163 e. The van der Waals surface area contributed by atoms with E-state index in [1.807, 2.05) is 0 Å². The van der Waals surface area contributed by atoms with E-state index < -0.39 is 0 Å². The molecule has 4 rings (SSSR count). The minimum Gasteiger partial charge on any atom is -0.493 e. The molecule has 0 radical (unpaired) electrons. The minimum absolute atomic E-state index is 0.138. The van der Waals surface area contributed by atoms with Crippen LogP contribution in [0.3, 0.4) is 0 Å². The Bertz CT molecular complexity index is 867. The molecule has 0 aliphatic carbocycles. The van der Waals surface area contributed by atoms with Gasteiger partial charge in [-0.15, -0.1) is 0 Å². The second-order valence-corrected chi connectivity index (χ2v) is 8.14. The van der Waals surface area contributed by atoms with Crippen LogP contribution in [0.25, 0.3) is 0 Å². The number of hydrogen-bond acceptors (Lipinski definition) is 5. The Morgan fingerprint density at radius 3 is 2.68 bits per heavy atom. The summed E-state index contributed by atoms with van der Waals surface area (Å²) in [5.74, 6) is 1.85. The van der Waals surface area contributed by atoms with Crippen LogP contribution in [0.15, 0.2) is 30.3 Å². The minimum atomic E-state index is 0.138. The predicted octanol–water partition coefficient (Wildman–Crippen LogP) is 3.02. The third kappa shape index (κ3) is 3.39. The molecule has 4 N–H and O–H groups in total. The van der Waals surface area contributed by atoms with E-state index in [-0.39, 0.29) is 12.8 Å². The first-order valence-corrected chi connectivity index (χ1v) is 10.1. The molecule has 28 heavy (non-hydrogen) atoms. The number of benzene rings is 2. The highest BCUT2D eigenvalue weighted by Gasteiger charge is 2.39. The molecule has 2 aliphatic rings. The van der Waals surface area contributed by atoms with Crippen LogP contribution in [0.1, 0.15) is 46.2 Å². The summed E-state index contributed by atoms with van der Waals surface area (Å²) in [7, 11) is 1.68. The summed E-state index contributed by atoms with van der Waals surface area (Å²) in [5, 5.41) is 0. The van der Waals surface area contributed by atoms with Gasteiger partial charge in [-0.3, -0.25) is 10.6 Å². The third-order valence-electron chi connectivity index (χ3n) is 6.41. The Morgan fingerprint density at radius 1 is 1.11 bits per heavy atom. The zero-order chi connectivity index (χ0) is 19.8. The van der Waals surface area contributed by atoms with Gasteiger partial charge in [0.05, 0.1) is 7.11 Å². The number of aryl methyl sites for hydroxylation is 2. The summed E-state index contributed by atoms with van der Waals surface area (Å²) >= 11 is 0. The highest BCUT2D eigenvalue weighted by molar-refractivity contribution is 5.50. The molecule has 5 nitrogen and oxygen atoms in total. The fourth-order valence-corrected chi connectivity index (χ4v) is 4.92. The highest BCUT2D eigenvalue weighted by Crippen LogP contribution is 2.44. The average molecular weight is 382 g/mol. The number of rotatable bonds is 4. The summed E-state index contributed by atoms with van der Waals surface area (Å²) in [6.45, 7) is 6.54. The van der Waals surface area contributed by atoms with Gasteiger partial charge in [-0.25, -0.2) is 0 Å². The first-order chi connectivity index (χ1) is 13.5. The number of hydrogen-bond donors (Lipinski definition) is 2. The van der Waals surface area contributed by atoms with E-state index in [0.29, 0.717) is 12.0 Å². The maximum atomic E-state index is 6.74. The van der Waals surface area contributed by atoms with Crippen molar-refractivity contribution in [2.75, 3.05) is 26.9 Å². The van der Waals surface area contributed by atoms with Crippen molar-refractivity contribution in [3.05, 3.63) is 58.1 Å². The van der Waals surface area contributed by atoms with Crippen LogP contribution in [0, 0.1) is 13.8 Å². The topological polar surface area (TPSA) is 73.7 Å². The maximum Gasteiger partial charge on any atom is 0.163 e.